The molecule has 3 aromatic rings. The molecule has 0 spiro atoms. The van der Waals surface area contributed by atoms with Crippen LogP contribution in [0.15, 0.2) is 71.6 Å². The van der Waals surface area contributed by atoms with Crippen molar-refractivity contribution >= 4 is 15.7 Å². The Kier molecular flexibility index (Phi) is 6.88. The Morgan fingerprint density at radius 2 is 1.64 bits per heavy atom. The van der Waals surface area contributed by atoms with Gasteiger partial charge in [0.15, 0.2) is 0 Å². The zero-order valence-electron chi connectivity index (χ0n) is 19.9. The van der Waals surface area contributed by atoms with Crippen LogP contribution in [0.25, 0.3) is 0 Å². The van der Waals surface area contributed by atoms with Gasteiger partial charge in [-0.15, -0.1) is 0 Å². The second kappa shape index (κ2) is 9.67. The predicted octanol–water partition coefficient (Wildman–Crippen LogP) is 4.45. The summed E-state index contributed by atoms with van der Waals surface area (Å²) in [5.41, 5.74) is 6.99. The summed E-state index contributed by atoms with van der Waals surface area (Å²) in [7, 11) is 0.431. The molecule has 3 aromatic carbocycles. The van der Waals surface area contributed by atoms with E-state index in [0.29, 0.717) is 11.4 Å². The molecule has 1 aliphatic rings. The van der Waals surface area contributed by atoms with Gasteiger partial charge in [-0.05, 0) is 72.4 Å². The van der Waals surface area contributed by atoms with E-state index in [4.69, 9.17) is 0 Å². The van der Waals surface area contributed by atoms with Crippen molar-refractivity contribution in [3.05, 3.63) is 94.5 Å². The van der Waals surface area contributed by atoms with Gasteiger partial charge in [-0.25, -0.2) is 13.1 Å². The molecule has 0 aromatic heterocycles. The van der Waals surface area contributed by atoms with Gasteiger partial charge in [-0.1, -0.05) is 42.5 Å². The summed E-state index contributed by atoms with van der Waals surface area (Å²) < 4.78 is 29.1. The Morgan fingerprint density at radius 3 is 2.30 bits per heavy atom. The molecule has 5 nitrogen and oxygen atoms in total. The first-order chi connectivity index (χ1) is 15.7. The molecule has 0 unspecified atom stereocenters. The van der Waals surface area contributed by atoms with Gasteiger partial charge in [0.25, 0.3) is 0 Å². The third-order valence-electron chi connectivity index (χ3n) is 6.65. The van der Waals surface area contributed by atoms with Crippen LogP contribution >= 0.6 is 0 Å². The molecule has 0 amide bonds. The highest BCUT2D eigenvalue weighted by Crippen LogP contribution is 2.29. The smallest absolute Gasteiger partial charge is 0.240 e. The van der Waals surface area contributed by atoms with Crippen LogP contribution in [0.2, 0.25) is 0 Å². The number of sulfonamides is 1. The molecule has 174 valence electrons. The number of nitrogens with one attached hydrogen (secondary N) is 1. The van der Waals surface area contributed by atoms with Crippen LogP contribution in [0.4, 0.5) is 5.69 Å². The molecule has 0 fully saturated rings. The minimum absolute atomic E-state index is 0.0594. The SMILES string of the molecule is Cc1ccc(S(=O)(=O)NC[C@H](c2ccc(N(C)C)cc2)N2CCc3ccccc3C2)cc1C. The van der Waals surface area contributed by atoms with Crippen LogP contribution in [0.3, 0.4) is 0 Å². The maximum Gasteiger partial charge on any atom is 0.240 e. The van der Waals surface area contributed by atoms with Crippen LogP contribution < -0.4 is 9.62 Å². The fourth-order valence-electron chi connectivity index (χ4n) is 4.39. The van der Waals surface area contributed by atoms with Crippen LogP contribution in [-0.4, -0.2) is 40.5 Å². The lowest BCUT2D eigenvalue weighted by Gasteiger charge is -2.36. The van der Waals surface area contributed by atoms with E-state index in [1.165, 1.54) is 11.1 Å². The predicted molar refractivity (Wildman–Crippen MR) is 135 cm³/mol. The molecule has 6 heteroatoms. The molecular weight excluding hydrogens is 430 g/mol. The molecule has 0 radical (unpaired) electrons. The minimum Gasteiger partial charge on any atom is -0.378 e. The van der Waals surface area contributed by atoms with E-state index in [0.717, 1.165) is 41.9 Å². The normalized spacial score (nSPS) is 15.2. The van der Waals surface area contributed by atoms with Gasteiger partial charge in [-0.2, -0.15) is 0 Å². The number of aryl methyl sites for hydroxylation is 2. The lowest BCUT2D eigenvalue weighted by atomic mass is 9.96. The molecule has 1 N–H and O–H groups in total. The van der Waals surface area contributed by atoms with Gasteiger partial charge in [0.2, 0.25) is 10.0 Å². The fraction of sp³-hybridized carbons (Fsp3) is 0.333. The number of fused-ring (bicyclic) bond motifs is 1. The first-order valence-electron chi connectivity index (χ1n) is 11.4. The Bertz CT molecular complexity index is 1220. The lowest BCUT2D eigenvalue weighted by molar-refractivity contribution is 0.180. The van der Waals surface area contributed by atoms with Crippen molar-refractivity contribution in [3.8, 4) is 0 Å². The van der Waals surface area contributed by atoms with Crippen LogP contribution in [0.5, 0.6) is 0 Å². The van der Waals surface area contributed by atoms with E-state index >= 15 is 0 Å². The maximum atomic E-state index is 13.1. The summed E-state index contributed by atoms with van der Waals surface area (Å²) >= 11 is 0. The van der Waals surface area contributed by atoms with Crippen LogP contribution in [0, 0.1) is 13.8 Å². The molecule has 1 heterocycles. The summed E-state index contributed by atoms with van der Waals surface area (Å²) in [5, 5.41) is 0. The second-order valence-electron chi connectivity index (χ2n) is 9.09. The quantitative estimate of drug-likeness (QED) is 0.563. The summed E-state index contributed by atoms with van der Waals surface area (Å²) in [6.45, 7) is 5.94. The van der Waals surface area contributed by atoms with E-state index in [1.807, 2.05) is 34.0 Å². The van der Waals surface area contributed by atoms with E-state index in [9.17, 15) is 8.42 Å². The summed E-state index contributed by atoms with van der Waals surface area (Å²) in [4.78, 5) is 4.77. The van der Waals surface area contributed by atoms with E-state index in [-0.39, 0.29) is 6.04 Å². The number of rotatable bonds is 7. The highest BCUT2D eigenvalue weighted by atomic mass is 32.2. The van der Waals surface area contributed by atoms with Crippen molar-refractivity contribution in [2.45, 2.75) is 37.8 Å². The Morgan fingerprint density at radius 1 is 0.939 bits per heavy atom. The molecular formula is C27H33N3O2S. The second-order valence-corrected chi connectivity index (χ2v) is 10.9. The number of nitrogens with zero attached hydrogens (tertiary/aromatic N) is 2. The van der Waals surface area contributed by atoms with Crippen LogP contribution in [0.1, 0.15) is 33.9 Å². The van der Waals surface area contributed by atoms with Crippen molar-refractivity contribution in [1.82, 2.24) is 9.62 Å². The standard InChI is InChI=1S/C27H33N3O2S/c1-20-9-14-26(17-21(20)2)33(31,32)28-18-27(23-10-12-25(13-11-23)29(3)4)30-16-15-22-7-5-6-8-24(22)19-30/h5-14,17,27-28H,15-16,18-19H2,1-4H3/t27-/m1/s1. The molecule has 1 atom stereocenters. The number of hydrogen-bond donors (Lipinski definition) is 1. The zero-order valence-corrected chi connectivity index (χ0v) is 20.7. The highest BCUT2D eigenvalue weighted by molar-refractivity contribution is 7.89. The fourth-order valence-corrected chi connectivity index (χ4v) is 5.51. The highest BCUT2D eigenvalue weighted by Gasteiger charge is 2.27. The van der Waals surface area contributed by atoms with Crippen molar-refractivity contribution < 1.29 is 8.42 Å². The zero-order chi connectivity index (χ0) is 23.6. The molecule has 0 saturated heterocycles. The first-order valence-corrected chi connectivity index (χ1v) is 12.9. The Hall–Kier alpha value is -2.67. The van der Waals surface area contributed by atoms with Gasteiger partial charge in [-0.3, -0.25) is 4.90 Å². The molecule has 33 heavy (non-hydrogen) atoms. The Labute approximate surface area is 198 Å². The van der Waals surface area contributed by atoms with Gasteiger partial charge in [0.05, 0.1) is 4.90 Å². The van der Waals surface area contributed by atoms with E-state index in [1.54, 1.807) is 12.1 Å². The van der Waals surface area contributed by atoms with Gasteiger partial charge in [0, 0.05) is 45.5 Å². The molecule has 0 aliphatic carbocycles. The van der Waals surface area contributed by atoms with Gasteiger partial charge < -0.3 is 4.90 Å². The summed E-state index contributed by atoms with van der Waals surface area (Å²) in [6.07, 6.45) is 0.965. The number of hydrogen-bond acceptors (Lipinski definition) is 4. The number of anilines is 1. The third kappa shape index (κ3) is 5.29. The molecule has 4 rings (SSSR count). The lowest BCUT2D eigenvalue weighted by Crippen LogP contribution is -2.40. The minimum atomic E-state index is -3.61. The van der Waals surface area contributed by atoms with Gasteiger partial charge >= 0.3 is 0 Å². The third-order valence-corrected chi connectivity index (χ3v) is 8.07. The molecule has 1 aliphatic heterocycles. The topological polar surface area (TPSA) is 52.7 Å². The largest absolute Gasteiger partial charge is 0.378 e. The first kappa shape index (κ1) is 23.5. The van der Waals surface area contributed by atoms with Crippen molar-refractivity contribution in [2.75, 3.05) is 32.1 Å². The Balaban J connectivity index is 1.60. The van der Waals surface area contributed by atoms with Crippen molar-refractivity contribution in [1.29, 1.82) is 0 Å². The van der Waals surface area contributed by atoms with Gasteiger partial charge in [0.1, 0.15) is 0 Å². The van der Waals surface area contributed by atoms with E-state index < -0.39 is 10.0 Å². The number of benzene rings is 3. The average molecular weight is 464 g/mol. The summed E-state index contributed by atoms with van der Waals surface area (Å²) in [6, 6.07) is 22.2. The molecule has 0 saturated carbocycles. The maximum absolute atomic E-state index is 13.1. The average Bonchev–Trinajstić information content (AvgIpc) is 2.81. The van der Waals surface area contributed by atoms with Crippen molar-refractivity contribution in [3.63, 3.8) is 0 Å². The van der Waals surface area contributed by atoms with E-state index in [2.05, 4.69) is 63.1 Å². The van der Waals surface area contributed by atoms with Crippen molar-refractivity contribution in [2.24, 2.45) is 0 Å². The monoisotopic (exact) mass is 463 g/mol. The van der Waals surface area contributed by atoms with Crippen LogP contribution in [-0.2, 0) is 23.0 Å². The summed E-state index contributed by atoms with van der Waals surface area (Å²) in [5.74, 6) is 0. The molecule has 0 bridgehead atoms.